The highest BCUT2D eigenvalue weighted by Crippen LogP contribution is 2.26. The van der Waals surface area contributed by atoms with Crippen LogP contribution >= 0.6 is 0 Å². The molecule has 6 heteroatoms. The maximum atomic E-state index is 11.9. The smallest absolute Gasteiger partial charge is 0.224 e. The van der Waals surface area contributed by atoms with Crippen LogP contribution in [0.2, 0.25) is 0 Å². The minimum Gasteiger partial charge on any atom is -0.504 e. The number of ether oxygens (including phenoxy) is 1. The summed E-state index contributed by atoms with van der Waals surface area (Å²) < 4.78 is 4.99. The van der Waals surface area contributed by atoms with Crippen molar-refractivity contribution in [1.29, 1.82) is 0 Å². The van der Waals surface area contributed by atoms with E-state index in [0.717, 1.165) is 0 Å². The van der Waals surface area contributed by atoms with E-state index in [1.54, 1.807) is 18.2 Å². The number of rotatable bonds is 5. The van der Waals surface area contributed by atoms with Crippen molar-refractivity contribution in [3.8, 4) is 23.0 Å². The summed E-state index contributed by atoms with van der Waals surface area (Å²) in [6.07, 6.45) is 0.140. The predicted octanol–water partition coefficient (Wildman–Crippen LogP) is 1.67. The Bertz CT molecular complexity index is 684. The van der Waals surface area contributed by atoms with Gasteiger partial charge in [-0.1, -0.05) is 12.1 Å². The molecule has 22 heavy (non-hydrogen) atoms. The molecule has 1 amide bonds. The van der Waals surface area contributed by atoms with E-state index in [9.17, 15) is 20.1 Å². The maximum Gasteiger partial charge on any atom is 0.224 e. The van der Waals surface area contributed by atoms with Crippen LogP contribution in [0, 0.1) is 0 Å². The van der Waals surface area contributed by atoms with Gasteiger partial charge in [0, 0.05) is 6.54 Å². The van der Waals surface area contributed by atoms with Crippen molar-refractivity contribution in [3.05, 3.63) is 47.5 Å². The van der Waals surface area contributed by atoms with Gasteiger partial charge in [-0.05, 0) is 35.4 Å². The Balaban J connectivity index is 1.94. The summed E-state index contributed by atoms with van der Waals surface area (Å²) in [4.78, 5) is 11.9. The third-order valence-corrected chi connectivity index (χ3v) is 3.14. The molecule has 0 atom stereocenters. The SMILES string of the molecule is COc1cc(CC(=O)NCc2ccc(O)c(O)c2)ccc1O. The fourth-order valence-electron chi connectivity index (χ4n) is 1.96. The zero-order valence-electron chi connectivity index (χ0n) is 12.0. The lowest BCUT2D eigenvalue weighted by molar-refractivity contribution is -0.120. The summed E-state index contributed by atoms with van der Waals surface area (Å²) >= 11 is 0. The van der Waals surface area contributed by atoms with Crippen molar-refractivity contribution >= 4 is 5.91 Å². The molecule has 0 radical (unpaired) electrons. The highest BCUT2D eigenvalue weighted by Gasteiger charge is 2.08. The van der Waals surface area contributed by atoms with Crippen LogP contribution in [-0.4, -0.2) is 28.3 Å². The fraction of sp³-hybridized carbons (Fsp3) is 0.188. The van der Waals surface area contributed by atoms with E-state index in [2.05, 4.69) is 5.32 Å². The summed E-state index contributed by atoms with van der Waals surface area (Å²) in [6, 6.07) is 9.07. The minimum absolute atomic E-state index is 0.0197. The summed E-state index contributed by atoms with van der Waals surface area (Å²) in [5, 5.41) is 30.8. The highest BCUT2D eigenvalue weighted by atomic mass is 16.5. The molecule has 2 rings (SSSR count). The van der Waals surface area contributed by atoms with Gasteiger partial charge in [-0.3, -0.25) is 4.79 Å². The number of methoxy groups -OCH3 is 1. The van der Waals surface area contributed by atoms with Crippen LogP contribution in [0.5, 0.6) is 23.0 Å². The lowest BCUT2D eigenvalue weighted by Crippen LogP contribution is -2.24. The van der Waals surface area contributed by atoms with Gasteiger partial charge in [0.05, 0.1) is 13.5 Å². The Morgan fingerprint density at radius 3 is 2.36 bits per heavy atom. The maximum absolute atomic E-state index is 11.9. The molecule has 0 aromatic heterocycles. The molecule has 0 unspecified atom stereocenters. The average Bonchev–Trinajstić information content (AvgIpc) is 2.50. The largest absolute Gasteiger partial charge is 0.504 e. The Morgan fingerprint density at radius 1 is 1.00 bits per heavy atom. The van der Waals surface area contributed by atoms with Gasteiger partial charge in [-0.25, -0.2) is 0 Å². The third-order valence-electron chi connectivity index (χ3n) is 3.14. The van der Waals surface area contributed by atoms with Crippen LogP contribution in [0.1, 0.15) is 11.1 Å². The molecular weight excluding hydrogens is 286 g/mol. The van der Waals surface area contributed by atoms with Gasteiger partial charge < -0.3 is 25.4 Å². The first-order valence-corrected chi connectivity index (χ1v) is 6.63. The number of hydrogen-bond acceptors (Lipinski definition) is 5. The fourth-order valence-corrected chi connectivity index (χ4v) is 1.96. The number of carbonyl (C=O) groups excluding carboxylic acids is 1. The Kier molecular flexibility index (Phi) is 4.73. The van der Waals surface area contributed by atoms with E-state index in [1.165, 1.54) is 25.3 Å². The standard InChI is InChI=1S/C16H17NO5/c1-22-15-7-10(2-5-13(15)19)8-16(21)17-9-11-3-4-12(18)14(20)6-11/h2-7,18-20H,8-9H2,1H3,(H,17,21). The molecule has 0 fully saturated rings. The van der Waals surface area contributed by atoms with Crippen molar-refractivity contribution in [2.75, 3.05) is 7.11 Å². The second-order valence-electron chi connectivity index (χ2n) is 4.78. The van der Waals surface area contributed by atoms with E-state index < -0.39 is 0 Å². The van der Waals surface area contributed by atoms with Crippen LogP contribution in [0.15, 0.2) is 36.4 Å². The number of benzene rings is 2. The van der Waals surface area contributed by atoms with Crippen LogP contribution in [0.3, 0.4) is 0 Å². The van der Waals surface area contributed by atoms with E-state index in [0.29, 0.717) is 16.9 Å². The molecule has 0 spiro atoms. The number of carbonyl (C=O) groups is 1. The molecule has 0 saturated carbocycles. The number of phenolic OH excluding ortho intramolecular Hbond substituents is 3. The van der Waals surface area contributed by atoms with Crippen LogP contribution in [0.4, 0.5) is 0 Å². The molecular formula is C16H17NO5. The summed E-state index contributed by atoms with van der Waals surface area (Å²) in [6.45, 7) is 0.238. The number of phenols is 3. The zero-order chi connectivity index (χ0) is 16.1. The van der Waals surface area contributed by atoms with Gasteiger partial charge in [-0.15, -0.1) is 0 Å². The molecule has 6 nitrogen and oxygen atoms in total. The first kappa shape index (κ1) is 15.5. The number of amides is 1. The molecule has 0 heterocycles. The van der Waals surface area contributed by atoms with Crippen molar-refractivity contribution in [3.63, 3.8) is 0 Å². The van der Waals surface area contributed by atoms with Crippen molar-refractivity contribution in [1.82, 2.24) is 5.32 Å². The van der Waals surface area contributed by atoms with Crippen LogP contribution in [0.25, 0.3) is 0 Å². The third kappa shape index (κ3) is 3.82. The van der Waals surface area contributed by atoms with Gasteiger partial charge in [0.15, 0.2) is 23.0 Å². The lowest BCUT2D eigenvalue weighted by Gasteiger charge is -2.08. The molecule has 2 aromatic carbocycles. The van der Waals surface area contributed by atoms with E-state index in [-0.39, 0.29) is 36.1 Å². The van der Waals surface area contributed by atoms with Gasteiger partial charge >= 0.3 is 0 Å². The summed E-state index contributed by atoms with van der Waals surface area (Å²) in [7, 11) is 1.44. The minimum atomic E-state index is -0.227. The predicted molar refractivity (Wildman–Crippen MR) is 80.0 cm³/mol. The second-order valence-corrected chi connectivity index (χ2v) is 4.78. The second kappa shape index (κ2) is 6.71. The van der Waals surface area contributed by atoms with Crippen molar-refractivity contribution in [2.24, 2.45) is 0 Å². The Morgan fingerprint density at radius 2 is 1.68 bits per heavy atom. The number of aromatic hydroxyl groups is 3. The highest BCUT2D eigenvalue weighted by molar-refractivity contribution is 5.78. The first-order chi connectivity index (χ1) is 10.5. The summed E-state index contributed by atoms with van der Waals surface area (Å²) in [5.74, 6) is -0.304. The molecule has 0 bridgehead atoms. The number of hydrogen-bond donors (Lipinski definition) is 4. The van der Waals surface area contributed by atoms with Crippen LogP contribution in [-0.2, 0) is 17.8 Å². The molecule has 0 saturated heterocycles. The van der Waals surface area contributed by atoms with E-state index in [4.69, 9.17) is 4.74 Å². The van der Waals surface area contributed by atoms with Gasteiger partial charge in [0.25, 0.3) is 0 Å². The first-order valence-electron chi connectivity index (χ1n) is 6.63. The van der Waals surface area contributed by atoms with Crippen LogP contribution < -0.4 is 10.1 Å². The molecule has 0 aliphatic heterocycles. The van der Waals surface area contributed by atoms with Gasteiger partial charge in [-0.2, -0.15) is 0 Å². The number of nitrogens with one attached hydrogen (secondary N) is 1. The quantitative estimate of drug-likeness (QED) is 0.630. The van der Waals surface area contributed by atoms with Crippen molar-refractivity contribution < 1.29 is 24.9 Å². The normalized spacial score (nSPS) is 10.2. The lowest BCUT2D eigenvalue weighted by atomic mass is 10.1. The molecule has 0 aliphatic rings. The van der Waals surface area contributed by atoms with E-state index in [1.807, 2.05) is 0 Å². The zero-order valence-corrected chi connectivity index (χ0v) is 12.0. The Hall–Kier alpha value is -2.89. The van der Waals surface area contributed by atoms with Crippen molar-refractivity contribution in [2.45, 2.75) is 13.0 Å². The van der Waals surface area contributed by atoms with E-state index >= 15 is 0 Å². The molecule has 4 N–H and O–H groups in total. The summed E-state index contributed by atoms with van der Waals surface area (Å²) in [5.41, 5.74) is 1.38. The topological polar surface area (TPSA) is 99.0 Å². The van der Waals surface area contributed by atoms with Gasteiger partial charge in [0.2, 0.25) is 5.91 Å². The Labute approximate surface area is 127 Å². The molecule has 2 aromatic rings. The monoisotopic (exact) mass is 303 g/mol. The average molecular weight is 303 g/mol. The van der Waals surface area contributed by atoms with Gasteiger partial charge in [0.1, 0.15) is 0 Å². The molecule has 0 aliphatic carbocycles. The molecule has 116 valence electrons.